The fourth-order valence-electron chi connectivity index (χ4n) is 1.89. The van der Waals surface area contributed by atoms with Crippen LogP contribution in [0.3, 0.4) is 0 Å². The molecule has 0 aliphatic carbocycles. The van der Waals surface area contributed by atoms with E-state index in [9.17, 15) is 0 Å². The van der Waals surface area contributed by atoms with Crippen LogP contribution in [0.25, 0.3) is 0 Å². The molecule has 0 saturated carbocycles. The SMILES string of the molecule is CCCNCc1ccc(OCc2ccccc2Br)cc1. The molecule has 0 bridgehead atoms. The zero-order valence-electron chi connectivity index (χ0n) is 11.7. The summed E-state index contributed by atoms with van der Waals surface area (Å²) in [5.41, 5.74) is 2.44. The average molecular weight is 334 g/mol. The van der Waals surface area contributed by atoms with E-state index in [-0.39, 0.29) is 0 Å². The maximum atomic E-state index is 5.80. The van der Waals surface area contributed by atoms with Crippen molar-refractivity contribution in [2.75, 3.05) is 6.54 Å². The van der Waals surface area contributed by atoms with Crippen LogP contribution in [0.4, 0.5) is 0 Å². The molecule has 0 aliphatic rings. The van der Waals surface area contributed by atoms with Gasteiger partial charge in [-0.1, -0.05) is 53.2 Å². The smallest absolute Gasteiger partial charge is 0.119 e. The van der Waals surface area contributed by atoms with Gasteiger partial charge < -0.3 is 10.1 Å². The summed E-state index contributed by atoms with van der Waals surface area (Å²) in [4.78, 5) is 0. The molecule has 0 atom stereocenters. The van der Waals surface area contributed by atoms with Gasteiger partial charge in [0.25, 0.3) is 0 Å². The monoisotopic (exact) mass is 333 g/mol. The van der Waals surface area contributed by atoms with E-state index in [1.54, 1.807) is 0 Å². The van der Waals surface area contributed by atoms with Crippen molar-refractivity contribution in [2.45, 2.75) is 26.5 Å². The lowest BCUT2D eigenvalue weighted by Crippen LogP contribution is -2.13. The molecule has 0 aromatic heterocycles. The summed E-state index contributed by atoms with van der Waals surface area (Å²) < 4.78 is 6.89. The van der Waals surface area contributed by atoms with Gasteiger partial charge in [0.15, 0.2) is 0 Å². The van der Waals surface area contributed by atoms with Gasteiger partial charge in [-0.05, 0) is 36.7 Å². The van der Waals surface area contributed by atoms with Crippen LogP contribution in [0.2, 0.25) is 0 Å². The third-order valence-electron chi connectivity index (χ3n) is 3.03. The van der Waals surface area contributed by atoms with Crippen LogP contribution in [-0.2, 0) is 13.2 Å². The van der Waals surface area contributed by atoms with E-state index >= 15 is 0 Å². The maximum Gasteiger partial charge on any atom is 0.119 e. The van der Waals surface area contributed by atoms with Crippen LogP contribution in [-0.4, -0.2) is 6.54 Å². The summed E-state index contributed by atoms with van der Waals surface area (Å²) in [7, 11) is 0. The summed E-state index contributed by atoms with van der Waals surface area (Å²) in [6.07, 6.45) is 1.16. The van der Waals surface area contributed by atoms with Crippen LogP contribution in [0.1, 0.15) is 24.5 Å². The first kappa shape index (κ1) is 15.1. The van der Waals surface area contributed by atoms with Gasteiger partial charge in [0.1, 0.15) is 12.4 Å². The van der Waals surface area contributed by atoms with E-state index in [1.165, 1.54) is 5.56 Å². The number of halogens is 1. The van der Waals surface area contributed by atoms with Crippen molar-refractivity contribution in [3.05, 3.63) is 64.1 Å². The summed E-state index contributed by atoms with van der Waals surface area (Å²) >= 11 is 3.53. The second-order valence-electron chi connectivity index (χ2n) is 4.70. The highest BCUT2D eigenvalue weighted by Crippen LogP contribution is 2.19. The quantitative estimate of drug-likeness (QED) is 0.751. The maximum absolute atomic E-state index is 5.80. The van der Waals surface area contributed by atoms with Crippen molar-refractivity contribution in [2.24, 2.45) is 0 Å². The molecular weight excluding hydrogens is 314 g/mol. The van der Waals surface area contributed by atoms with Crippen LogP contribution in [0, 0.1) is 0 Å². The third-order valence-corrected chi connectivity index (χ3v) is 3.81. The molecule has 2 aromatic rings. The third kappa shape index (κ3) is 4.66. The Labute approximate surface area is 129 Å². The molecule has 0 radical (unpaired) electrons. The number of ether oxygens (including phenoxy) is 1. The molecule has 2 aromatic carbocycles. The Morgan fingerprint density at radius 1 is 1.05 bits per heavy atom. The Kier molecular flexibility index (Phi) is 6.09. The van der Waals surface area contributed by atoms with Crippen LogP contribution in [0.5, 0.6) is 5.75 Å². The van der Waals surface area contributed by atoms with Gasteiger partial charge in [-0.25, -0.2) is 0 Å². The number of benzene rings is 2. The van der Waals surface area contributed by atoms with Crippen molar-refractivity contribution >= 4 is 15.9 Å². The number of nitrogens with one attached hydrogen (secondary N) is 1. The zero-order valence-corrected chi connectivity index (χ0v) is 13.3. The molecule has 0 unspecified atom stereocenters. The molecule has 3 heteroatoms. The normalized spacial score (nSPS) is 10.5. The molecule has 2 rings (SSSR count). The second kappa shape index (κ2) is 8.08. The van der Waals surface area contributed by atoms with Crippen LogP contribution < -0.4 is 10.1 Å². The molecule has 2 nitrogen and oxygen atoms in total. The first-order valence-corrected chi connectivity index (χ1v) is 7.74. The molecule has 0 aliphatic heterocycles. The fourth-order valence-corrected chi connectivity index (χ4v) is 2.29. The molecule has 106 valence electrons. The van der Waals surface area contributed by atoms with E-state index in [4.69, 9.17) is 4.74 Å². The van der Waals surface area contributed by atoms with E-state index in [1.807, 2.05) is 30.3 Å². The standard InChI is InChI=1S/C17H20BrNO/c1-2-11-19-12-14-7-9-16(10-8-14)20-13-15-5-3-4-6-17(15)18/h3-10,19H,2,11-13H2,1H3. The lowest BCUT2D eigenvalue weighted by molar-refractivity contribution is 0.305. The van der Waals surface area contributed by atoms with Gasteiger partial charge in [0.05, 0.1) is 0 Å². The molecule has 1 N–H and O–H groups in total. The Balaban J connectivity index is 1.86. The van der Waals surface area contributed by atoms with Crippen LogP contribution >= 0.6 is 15.9 Å². The highest BCUT2D eigenvalue weighted by atomic mass is 79.9. The van der Waals surface area contributed by atoms with Crippen molar-refractivity contribution in [1.29, 1.82) is 0 Å². The summed E-state index contributed by atoms with van der Waals surface area (Å²) in [6.45, 7) is 4.72. The highest BCUT2D eigenvalue weighted by molar-refractivity contribution is 9.10. The predicted octanol–water partition coefficient (Wildman–Crippen LogP) is 4.53. The zero-order chi connectivity index (χ0) is 14.2. The van der Waals surface area contributed by atoms with E-state index in [0.29, 0.717) is 6.61 Å². The Morgan fingerprint density at radius 3 is 2.50 bits per heavy atom. The van der Waals surface area contributed by atoms with Gasteiger partial charge in [-0.2, -0.15) is 0 Å². The summed E-state index contributed by atoms with van der Waals surface area (Å²) in [5.74, 6) is 0.903. The number of rotatable bonds is 7. The van der Waals surface area contributed by atoms with Gasteiger partial charge in [0, 0.05) is 16.6 Å². The van der Waals surface area contributed by atoms with E-state index < -0.39 is 0 Å². The minimum absolute atomic E-state index is 0.578. The minimum Gasteiger partial charge on any atom is -0.489 e. The molecule has 0 heterocycles. The molecule has 0 fully saturated rings. The van der Waals surface area contributed by atoms with E-state index in [0.717, 1.165) is 35.3 Å². The Hall–Kier alpha value is -1.32. The first-order valence-electron chi connectivity index (χ1n) is 6.95. The second-order valence-corrected chi connectivity index (χ2v) is 5.56. The molecule has 0 amide bonds. The fraction of sp³-hybridized carbons (Fsp3) is 0.294. The first-order chi connectivity index (χ1) is 9.79. The van der Waals surface area contributed by atoms with Crippen molar-refractivity contribution in [3.8, 4) is 5.75 Å². The topological polar surface area (TPSA) is 21.3 Å². The average Bonchev–Trinajstić information content (AvgIpc) is 2.48. The van der Waals surface area contributed by atoms with E-state index in [2.05, 4.69) is 46.4 Å². The lowest BCUT2D eigenvalue weighted by Gasteiger charge is -2.09. The van der Waals surface area contributed by atoms with Crippen molar-refractivity contribution in [3.63, 3.8) is 0 Å². The van der Waals surface area contributed by atoms with Gasteiger partial charge in [-0.3, -0.25) is 0 Å². The number of hydrogen-bond donors (Lipinski definition) is 1. The van der Waals surface area contributed by atoms with Crippen molar-refractivity contribution < 1.29 is 4.74 Å². The Morgan fingerprint density at radius 2 is 1.80 bits per heavy atom. The van der Waals surface area contributed by atoms with Gasteiger partial charge >= 0.3 is 0 Å². The molecule has 0 spiro atoms. The molecule has 20 heavy (non-hydrogen) atoms. The Bertz CT molecular complexity index is 525. The van der Waals surface area contributed by atoms with Crippen molar-refractivity contribution in [1.82, 2.24) is 5.32 Å². The largest absolute Gasteiger partial charge is 0.489 e. The predicted molar refractivity (Wildman–Crippen MR) is 86.9 cm³/mol. The van der Waals surface area contributed by atoms with Gasteiger partial charge in [0.2, 0.25) is 0 Å². The highest BCUT2D eigenvalue weighted by Gasteiger charge is 2.00. The van der Waals surface area contributed by atoms with Gasteiger partial charge in [-0.15, -0.1) is 0 Å². The molecular formula is C17H20BrNO. The van der Waals surface area contributed by atoms with Crippen LogP contribution in [0.15, 0.2) is 53.0 Å². The minimum atomic E-state index is 0.578. The number of hydrogen-bond acceptors (Lipinski definition) is 2. The molecule has 0 saturated heterocycles. The summed E-state index contributed by atoms with van der Waals surface area (Å²) in [6, 6.07) is 16.4. The lowest BCUT2D eigenvalue weighted by atomic mass is 10.2. The summed E-state index contributed by atoms with van der Waals surface area (Å²) in [5, 5.41) is 3.39.